The summed E-state index contributed by atoms with van der Waals surface area (Å²) in [6.07, 6.45) is 9.44. The molecule has 29 heavy (non-hydrogen) atoms. The Bertz CT molecular complexity index is 972. The van der Waals surface area contributed by atoms with Crippen molar-refractivity contribution in [3.63, 3.8) is 0 Å². The van der Waals surface area contributed by atoms with Crippen LogP contribution in [0.1, 0.15) is 32.1 Å². The van der Waals surface area contributed by atoms with Crippen LogP contribution in [-0.4, -0.2) is 25.9 Å². The number of nitro benzene ring substituents is 1. The van der Waals surface area contributed by atoms with Gasteiger partial charge in [-0.15, -0.1) is 0 Å². The zero-order chi connectivity index (χ0) is 20.1. The first-order valence-electron chi connectivity index (χ1n) is 9.75. The second kappa shape index (κ2) is 8.64. The van der Waals surface area contributed by atoms with Gasteiger partial charge in [-0.2, -0.15) is 4.98 Å². The van der Waals surface area contributed by atoms with E-state index in [1.807, 2.05) is 18.2 Å². The standard InChI is InChI=1S/C21H22N6O2/c28-27(29)18-10-8-17(9-11-18)23-20-13-19(15-5-4-12-22-14-15)25-21(26-20)24-16-6-2-1-3-7-16/h4-5,8-14,16H,1-3,6-7H2,(H2,23,24,25,26). The molecule has 2 aromatic heterocycles. The fourth-order valence-electron chi connectivity index (χ4n) is 3.48. The number of pyridine rings is 1. The minimum atomic E-state index is -0.416. The van der Waals surface area contributed by atoms with Gasteiger partial charge in [-0.3, -0.25) is 15.1 Å². The lowest BCUT2D eigenvalue weighted by atomic mass is 9.96. The van der Waals surface area contributed by atoms with E-state index < -0.39 is 4.92 Å². The van der Waals surface area contributed by atoms with Crippen LogP contribution in [0.15, 0.2) is 54.9 Å². The van der Waals surface area contributed by atoms with Crippen LogP contribution in [0.5, 0.6) is 0 Å². The van der Waals surface area contributed by atoms with Crippen LogP contribution in [0.25, 0.3) is 11.3 Å². The average molecular weight is 390 g/mol. The van der Waals surface area contributed by atoms with Crippen LogP contribution >= 0.6 is 0 Å². The van der Waals surface area contributed by atoms with Gasteiger partial charge < -0.3 is 10.6 Å². The van der Waals surface area contributed by atoms with E-state index in [9.17, 15) is 10.1 Å². The number of non-ortho nitro benzene ring substituents is 1. The number of hydrogen-bond acceptors (Lipinski definition) is 7. The number of hydrogen-bond donors (Lipinski definition) is 2. The molecule has 148 valence electrons. The highest BCUT2D eigenvalue weighted by atomic mass is 16.6. The van der Waals surface area contributed by atoms with E-state index >= 15 is 0 Å². The van der Waals surface area contributed by atoms with Crippen molar-refractivity contribution in [1.82, 2.24) is 15.0 Å². The summed E-state index contributed by atoms with van der Waals surface area (Å²) in [5.74, 6) is 1.19. The lowest BCUT2D eigenvalue weighted by Crippen LogP contribution is -2.23. The predicted molar refractivity (Wildman–Crippen MR) is 112 cm³/mol. The van der Waals surface area contributed by atoms with Crippen LogP contribution in [0.4, 0.5) is 23.1 Å². The predicted octanol–water partition coefficient (Wildman–Crippen LogP) is 4.94. The third kappa shape index (κ3) is 4.84. The third-order valence-corrected chi connectivity index (χ3v) is 4.97. The molecule has 0 radical (unpaired) electrons. The highest BCUT2D eigenvalue weighted by Gasteiger charge is 2.16. The first-order chi connectivity index (χ1) is 14.2. The van der Waals surface area contributed by atoms with Gasteiger partial charge in [0, 0.05) is 47.9 Å². The van der Waals surface area contributed by atoms with Gasteiger partial charge in [-0.1, -0.05) is 19.3 Å². The summed E-state index contributed by atoms with van der Waals surface area (Å²) in [6.45, 7) is 0. The Balaban J connectivity index is 1.62. The maximum absolute atomic E-state index is 10.9. The highest BCUT2D eigenvalue weighted by Crippen LogP contribution is 2.26. The van der Waals surface area contributed by atoms with Gasteiger partial charge in [0.05, 0.1) is 10.6 Å². The smallest absolute Gasteiger partial charge is 0.269 e. The van der Waals surface area contributed by atoms with E-state index in [1.54, 1.807) is 24.5 Å². The fraction of sp³-hybridized carbons (Fsp3) is 0.286. The zero-order valence-electron chi connectivity index (χ0n) is 15.9. The van der Waals surface area contributed by atoms with Crippen molar-refractivity contribution in [1.29, 1.82) is 0 Å². The summed E-state index contributed by atoms with van der Waals surface area (Å²) in [5, 5.41) is 17.5. The van der Waals surface area contributed by atoms with Crippen molar-refractivity contribution in [2.24, 2.45) is 0 Å². The first kappa shape index (κ1) is 18.8. The molecule has 2 heterocycles. The number of nitrogens with zero attached hydrogens (tertiary/aromatic N) is 4. The van der Waals surface area contributed by atoms with Crippen molar-refractivity contribution >= 4 is 23.1 Å². The van der Waals surface area contributed by atoms with Crippen LogP contribution < -0.4 is 10.6 Å². The Morgan fingerprint density at radius 1 is 1.03 bits per heavy atom. The lowest BCUT2D eigenvalue weighted by molar-refractivity contribution is -0.384. The van der Waals surface area contributed by atoms with E-state index in [4.69, 9.17) is 0 Å². The Morgan fingerprint density at radius 2 is 1.83 bits per heavy atom. The molecule has 0 aliphatic heterocycles. The Hall–Kier alpha value is -3.55. The molecule has 1 aliphatic carbocycles. The summed E-state index contributed by atoms with van der Waals surface area (Å²) in [6, 6.07) is 12.3. The Kier molecular flexibility index (Phi) is 5.60. The minimum absolute atomic E-state index is 0.0499. The van der Waals surface area contributed by atoms with Gasteiger partial charge in [-0.25, -0.2) is 4.98 Å². The molecule has 1 aliphatic rings. The van der Waals surface area contributed by atoms with Gasteiger partial charge in [-0.05, 0) is 37.1 Å². The van der Waals surface area contributed by atoms with Gasteiger partial charge >= 0.3 is 0 Å². The first-order valence-corrected chi connectivity index (χ1v) is 9.75. The van der Waals surface area contributed by atoms with E-state index in [1.165, 1.54) is 31.4 Å². The summed E-state index contributed by atoms with van der Waals surface area (Å²) in [4.78, 5) is 23.9. The molecule has 2 N–H and O–H groups in total. The van der Waals surface area contributed by atoms with Gasteiger partial charge in [0.1, 0.15) is 5.82 Å². The van der Waals surface area contributed by atoms with Crippen molar-refractivity contribution in [3.8, 4) is 11.3 Å². The monoisotopic (exact) mass is 390 g/mol. The molecule has 0 amide bonds. The van der Waals surface area contributed by atoms with Crippen molar-refractivity contribution in [2.45, 2.75) is 38.1 Å². The molecule has 8 nitrogen and oxygen atoms in total. The van der Waals surface area contributed by atoms with E-state index in [0.717, 1.165) is 29.8 Å². The van der Waals surface area contributed by atoms with Crippen molar-refractivity contribution in [2.75, 3.05) is 10.6 Å². The van der Waals surface area contributed by atoms with E-state index in [2.05, 4.69) is 25.6 Å². The van der Waals surface area contributed by atoms with E-state index in [-0.39, 0.29) is 5.69 Å². The molecule has 0 unspecified atom stereocenters. The van der Waals surface area contributed by atoms with Gasteiger partial charge in [0.25, 0.3) is 5.69 Å². The number of nitro groups is 1. The molecular weight excluding hydrogens is 368 g/mol. The van der Waals surface area contributed by atoms with Crippen LogP contribution in [-0.2, 0) is 0 Å². The number of rotatable bonds is 6. The number of nitrogens with one attached hydrogen (secondary N) is 2. The second-order valence-electron chi connectivity index (χ2n) is 7.11. The van der Waals surface area contributed by atoms with Gasteiger partial charge in [0.2, 0.25) is 5.95 Å². The molecule has 4 rings (SSSR count). The van der Waals surface area contributed by atoms with Crippen LogP contribution in [0, 0.1) is 10.1 Å². The normalized spacial score (nSPS) is 14.3. The molecule has 1 fully saturated rings. The minimum Gasteiger partial charge on any atom is -0.351 e. The Labute approximate surface area is 168 Å². The second-order valence-corrected chi connectivity index (χ2v) is 7.11. The number of benzene rings is 1. The zero-order valence-corrected chi connectivity index (χ0v) is 15.9. The molecule has 0 saturated heterocycles. The third-order valence-electron chi connectivity index (χ3n) is 4.97. The molecule has 0 atom stereocenters. The van der Waals surface area contributed by atoms with Crippen molar-refractivity contribution < 1.29 is 4.92 Å². The number of anilines is 3. The Morgan fingerprint density at radius 3 is 2.52 bits per heavy atom. The lowest BCUT2D eigenvalue weighted by Gasteiger charge is -2.23. The molecule has 1 saturated carbocycles. The maximum Gasteiger partial charge on any atom is 0.269 e. The molecule has 8 heteroatoms. The molecule has 3 aromatic rings. The quantitative estimate of drug-likeness (QED) is 0.454. The van der Waals surface area contributed by atoms with Crippen LogP contribution in [0.2, 0.25) is 0 Å². The van der Waals surface area contributed by atoms with Crippen LogP contribution in [0.3, 0.4) is 0 Å². The SMILES string of the molecule is O=[N+]([O-])c1ccc(Nc2cc(-c3cccnc3)nc(NC3CCCCC3)n2)cc1. The maximum atomic E-state index is 10.9. The van der Waals surface area contributed by atoms with Gasteiger partial charge in [0.15, 0.2) is 0 Å². The average Bonchev–Trinajstić information content (AvgIpc) is 2.75. The molecule has 1 aromatic carbocycles. The topological polar surface area (TPSA) is 106 Å². The fourth-order valence-corrected chi connectivity index (χ4v) is 3.48. The molecule has 0 spiro atoms. The van der Waals surface area contributed by atoms with Crippen molar-refractivity contribution in [3.05, 3.63) is 65.0 Å². The summed E-state index contributed by atoms with van der Waals surface area (Å²) in [5.41, 5.74) is 2.42. The number of aromatic nitrogens is 3. The summed E-state index contributed by atoms with van der Waals surface area (Å²) < 4.78 is 0. The molecular formula is C21H22N6O2. The molecule has 0 bridgehead atoms. The van der Waals surface area contributed by atoms with E-state index in [0.29, 0.717) is 17.8 Å². The largest absolute Gasteiger partial charge is 0.351 e. The highest BCUT2D eigenvalue weighted by molar-refractivity contribution is 5.67. The summed E-state index contributed by atoms with van der Waals surface area (Å²) in [7, 11) is 0. The summed E-state index contributed by atoms with van der Waals surface area (Å²) >= 11 is 0.